The summed E-state index contributed by atoms with van der Waals surface area (Å²) in [7, 11) is 2.18. The topological polar surface area (TPSA) is 32.5 Å². The van der Waals surface area contributed by atoms with Gasteiger partial charge < -0.3 is 10.6 Å². The third-order valence-electron chi connectivity index (χ3n) is 3.48. The molecule has 1 aromatic rings. The Morgan fingerprint density at radius 2 is 2.18 bits per heavy atom. The number of nitrogen functional groups attached to an aromatic ring is 1. The van der Waals surface area contributed by atoms with Gasteiger partial charge in [0.1, 0.15) is 0 Å². The second kappa shape index (κ2) is 5.38. The summed E-state index contributed by atoms with van der Waals surface area (Å²) in [6.07, 6.45) is 0. The second-order valence-electron chi connectivity index (χ2n) is 4.89. The number of nitrogens with zero attached hydrogens (tertiary/aromatic N) is 2. The van der Waals surface area contributed by atoms with Crippen LogP contribution in [-0.4, -0.2) is 42.5 Å². The monoisotopic (exact) mass is 297 g/mol. The minimum atomic E-state index is 0.584. The van der Waals surface area contributed by atoms with Gasteiger partial charge in [0.15, 0.2) is 0 Å². The van der Waals surface area contributed by atoms with Crippen LogP contribution in [0.2, 0.25) is 0 Å². The van der Waals surface area contributed by atoms with Crippen molar-refractivity contribution in [3.05, 3.63) is 28.2 Å². The molecule has 2 N–H and O–H groups in total. The van der Waals surface area contributed by atoms with Crippen molar-refractivity contribution in [3.8, 4) is 0 Å². The van der Waals surface area contributed by atoms with Gasteiger partial charge in [-0.2, -0.15) is 0 Å². The van der Waals surface area contributed by atoms with Gasteiger partial charge in [-0.3, -0.25) is 4.90 Å². The third kappa shape index (κ3) is 3.00. The molecular weight excluding hydrogens is 278 g/mol. The van der Waals surface area contributed by atoms with E-state index in [2.05, 4.69) is 45.8 Å². The molecule has 0 aromatic heterocycles. The highest BCUT2D eigenvalue weighted by Crippen LogP contribution is 2.25. The number of piperazine rings is 1. The number of benzene rings is 1. The lowest BCUT2D eigenvalue weighted by atomic mass is 10.1. The predicted molar refractivity (Wildman–Crippen MR) is 75.9 cm³/mol. The maximum Gasteiger partial charge on any atom is 0.0371 e. The normalized spacial score (nSPS) is 22.9. The Bertz CT molecular complexity index is 374. The molecule has 0 bridgehead atoms. The molecule has 1 aliphatic heterocycles. The van der Waals surface area contributed by atoms with E-state index in [-0.39, 0.29) is 0 Å². The molecule has 94 valence electrons. The average Bonchev–Trinajstić information content (AvgIpc) is 2.26. The van der Waals surface area contributed by atoms with E-state index >= 15 is 0 Å². The lowest BCUT2D eigenvalue weighted by molar-refractivity contribution is 0.0938. The number of hydrogen-bond donors (Lipinski definition) is 1. The van der Waals surface area contributed by atoms with E-state index in [0.29, 0.717) is 6.04 Å². The van der Waals surface area contributed by atoms with Crippen molar-refractivity contribution in [2.45, 2.75) is 19.5 Å². The highest BCUT2D eigenvalue weighted by atomic mass is 79.9. The number of anilines is 1. The van der Waals surface area contributed by atoms with Crippen LogP contribution in [-0.2, 0) is 6.54 Å². The summed E-state index contributed by atoms with van der Waals surface area (Å²) in [6.45, 7) is 6.59. The maximum absolute atomic E-state index is 6.04. The Balaban J connectivity index is 2.10. The molecule has 1 unspecified atom stereocenters. The van der Waals surface area contributed by atoms with Gasteiger partial charge in [-0.15, -0.1) is 0 Å². The van der Waals surface area contributed by atoms with Gasteiger partial charge in [0.25, 0.3) is 0 Å². The fraction of sp³-hybridized carbons (Fsp3) is 0.538. The van der Waals surface area contributed by atoms with Crippen LogP contribution in [0.25, 0.3) is 0 Å². The Hall–Kier alpha value is -0.580. The van der Waals surface area contributed by atoms with Gasteiger partial charge in [-0.25, -0.2) is 0 Å². The van der Waals surface area contributed by atoms with Crippen LogP contribution in [0, 0.1) is 0 Å². The summed E-state index contributed by atoms with van der Waals surface area (Å²) < 4.78 is 1.11. The molecule has 0 aliphatic carbocycles. The van der Waals surface area contributed by atoms with Crippen LogP contribution >= 0.6 is 15.9 Å². The van der Waals surface area contributed by atoms with Crippen LogP contribution in [0.5, 0.6) is 0 Å². The Labute approximate surface area is 112 Å². The van der Waals surface area contributed by atoms with Gasteiger partial charge in [-0.05, 0) is 26.1 Å². The molecule has 4 heteroatoms. The standard InChI is InChI=1S/C13H20BrN3/c1-10-8-16(2)6-7-17(10)9-11-12(14)4-3-5-13(11)15/h3-5,10H,6-9,15H2,1-2H3. The van der Waals surface area contributed by atoms with Crippen molar-refractivity contribution in [3.63, 3.8) is 0 Å². The molecule has 17 heavy (non-hydrogen) atoms. The minimum absolute atomic E-state index is 0.584. The number of hydrogen-bond acceptors (Lipinski definition) is 3. The first-order chi connectivity index (χ1) is 8.08. The summed E-state index contributed by atoms with van der Waals surface area (Å²) in [5.41, 5.74) is 8.14. The Morgan fingerprint density at radius 1 is 1.41 bits per heavy atom. The van der Waals surface area contributed by atoms with Gasteiger partial charge >= 0.3 is 0 Å². The van der Waals surface area contributed by atoms with E-state index < -0.39 is 0 Å². The van der Waals surface area contributed by atoms with E-state index in [1.165, 1.54) is 5.56 Å². The zero-order valence-corrected chi connectivity index (χ0v) is 12.1. The van der Waals surface area contributed by atoms with Crippen molar-refractivity contribution in [2.24, 2.45) is 0 Å². The molecule has 1 aromatic carbocycles. The minimum Gasteiger partial charge on any atom is -0.398 e. The molecule has 0 radical (unpaired) electrons. The molecule has 1 aliphatic rings. The van der Waals surface area contributed by atoms with Gasteiger partial charge in [0.05, 0.1) is 0 Å². The highest BCUT2D eigenvalue weighted by molar-refractivity contribution is 9.10. The molecule has 1 saturated heterocycles. The third-order valence-corrected chi connectivity index (χ3v) is 4.23. The van der Waals surface area contributed by atoms with Crippen LogP contribution < -0.4 is 5.73 Å². The zero-order valence-electron chi connectivity index (χ0n) is 10.5. The van der Waals surface area contributed by atoms with Crippen molar-refractivity contribution in [1.82, 2.24) is 9.80 Å². The van der Waals surface area contributed by atoms with E-state index in [9.17, 15) is 0 Å². The van der Waals surface area contributed by atoms with E-state index in [0.717, 1.165) is 36.3 Å². The number of rotatable bonds is 2. The summed E-state index contributed by atoms with van der Waals surface area (Å²) in [5, 5.41) is 0. The summed E-state index contributed by atoms with van der Waals surface area (Å²) in [4.78, 5) is 4.88. The van der Waals surface area contributed by atoms with E-state index in [4.69, 9.17) is 5.73 Å². The molecule has 3 nitrogen and oxygen atoms in total. The first-order valence-electron chi connectivity index (χ1n) is 6.03. The van der Waals surface area contributed by atoms with Crippen molar-refractivity contribution >= 4 is 21.6 Å². The Morgan fingerprint density at radius 3 is 2.82 bits per heavy atom. The molecule has 2 rings (SSSR count). The maximum atomic E-state index is 6.04. The average molecular weight is 298 g/mol. The number of halogens is 1. The molecular formula is C13H20BrN3. The zero-order chi connectivity index (χ0) is 12.4. The molecule has 1 atom stereocenters. The molecule has 1 heterocycles. The van der Waals surface area contributed by atoms with Crippen LogP contribution in [0.3, 0.4) is 0 Å². The van der Waals surface area contributed by atoms with E-state index in [1.54, 1.807) is 0 Å². The van der Waals surface area contributed by atoms with Crippen LogP contribution in [0.1, 0.15) is 12.5 Å². The predicted octanol–water partition coefficient (Wildman–Crippen LogP) is 2.17. The van der Waals surface area contributed by atoms with Gasteiger partial charge in [-0.1, -0.05) is 22.0 Å². The lowest BCUT2D eigenvalue weighted by Crippen LogP contribution is -2.49. The second-order valence-corrected chi connectivity index (χ2v) is 5.74. The molecule has 0 amide bonds. The summed E-state index contributed by atoms with van der Waals surface area (Å²) in [6, 6.07) is 6.60. The smallest absolute Gasteiger partial charge is 0.0371 e. The highest BCUT2D eigenvalue weighted by Gasteiger charge is 2.22. The first-order valence-corrected chi connectivity index (χ1v) is 6.82. The largest absolute Gasteiger partial charge is 0.398 e. The van der Waals surface area contributed by atoms with Crippen molar-refractivity contribution in [1.29, 1.82) is 0 Å². The summed E-state index contributed by atoms with van der Waals surface area (Å²) >= 11 is 3.59. The molecule has 1 fully saturated rings. The fourth-order valence-electron chi connectivity index (χ4n) is 2.36. The van der Waals surface area contributed by atoms with E-state index in [1.807, 2.05) is 12.1 Å². The quantitative estimate of drug-likeness (QED) is 0.849. The lowest BCUT2D eigenvalue weighted by Gasteiger charge is -2.38. The molecule has 0 spiro atoms. The van der Waals surface area contributed by atoms with Crippen LogP contribution in [0.15, 0.2) is 22.7 Å². The van der Waals surface area contributed by atoms with Crippen molar-refractivity contribution in [2.75, 3.05) is 32.4 Å². The van der Waals surface area contributed by atoms with Gasteiger partial charge in [0, 0.05) is 47.9 Å². The number of nitrogens with two attached hydrogens (primary N) is 1. The Kier molecular flexibility index (Phi) is 4.07. The SMILES string of the molecule is CC1CN(C)CCN1Cc1c(N)cccc1Br. The van der Waals surface area contributed by atoms with Crippen LogP contribution in [0.4, 0.5) is 5.69 Å². The fourth-order valence-corrected chi connectivity index (χ4v) is 2.86. The van der Waals surface area contributed by atoms with Crippen molar-refractivity contribution < 1.29 is 0 Å². The summed E-state index contributed by atoms with van der Waals surface area (Å²) in [5.74, 6) is 0. The molecule has 0 saturated carbocycles. The van der Waals surface area contributed by atoms with Gasteiger partial charge in [0.2, 0.25) is 0 Å². The first kappa shape index (κ1) is 12.9. The number of likely N-dealkylation sites (N-methyl/N-ethyl adjacent to an activating group) is 1.